The Hall–Kier alpha value is -13.3. The van der Waals surface area contributed by atoms with Crippen LogP contribution in [0.25, 0.3) is 10.9 Å². The van der Waals surface area contributed by atoms with Crippen LogP contribution in [0.2, 0.25) is 0 Å². The number of aryl methyl sites for hydroxylation is 2. The molecule has 1 aromatic heterocycles. The molecule has 30 heteroatoms. The maximum Gasteiger partial charge on any atom is 0.419 e. The van der Waals surface area contributed by atoms with E-state index in [1.165, 1.54) is 31.9 Å². The average molecular weight is 1810 g/mol. The number of esters is 1. The third-order valence-electron chi connectivity index (χ3n) is 22.4. The quantitative estimate of drug-likeness (QED) is 0.00556. The molecular weight excluding hydrogens is 1680 g/mol. The van der Waals surface area contributed by atoms with Gasteiger partial charge in [-0.2, -0.15) is 0 Å². The number of alkyl carbamates (subject to hydrolysis) is 1. The van der Waals surface area contributed by atoms with E-state index in [4.69, 9.17) is 38.6 Å². The molecule has 8 aromatic rings. The number of unbranched alkanes of at least 4 members (excludes halogenated alkanes) is 2. The van der Waals surface area contributed by atoms with Crippen molar-refractivity contribution in [1.82, 2.24) is 57.7 Å². The molecule has 9 amide bonds. The summed E-state index contributed by atoms with van der Waals surface area (Å²) in [5.41, 5.74) is 2.58. The molecule has 1 saturated carbocycles. The third kappa shape index (κ3) is 31.5. The number of rotatable bonds is 43. The summed E-state index contributed by atoms with van der Waals surface area (Å²) in [6, 6.07) is 41.7. The molecule has 6 atom stereocenters. The van der Waals surface area contributed by atoms with E-state index in [0.29, 0.717) is 81.8 Å². The van der Waals surface area contributed by atoms with Crippen molar-refractivity contribution in [1.29, 1.82) is 5.41 Å². The first-order chi connectivity index (χ1) is 62.7. The summed E-state index contributed by atoms with van der Waals surface area (Å²) in [5, 5.41) is 38.4. The first-order valence-corrected chi connectivity index (χ1v) is 45.2. The Bertz CT molecular complexity index is 5200. The molecule has 9 rings (SSSR count). The van der Waals surface area contributed by atoms with E-state index in [1.54, 1.807) is 166 Å². The van der Waals surface area contributed by atoms with Crippen LogP contribution in [0.5, 0.6) is 23.0 Å². The van der Waals surface area contributed by atoms with Gasteiger partial charge in [-0.05, 0) is 229 Å². The number of carbonyl (C=O) groups excluding carboxylic acids is 11. The average Bonchev–Trinajstić information content (AvgIpc) is 1.63. The van der Waals surface area contributed by atoms with E-state index >= 15 is 28.8 Å². The molecule has 1 fully saturated rings. The predicted molar refractivity (Wildman–Crippen MR) is 505 cm³/mol. The second-order valence-electron chi connectivity index (χ2n) is 36.6. The van der Waals surface area contributed by atoms with Crippen LogP contribution in [0.3, 0.4) is 0 Å². The van der Waals surface area contributed by atoms with Gasteiger partial charge in [-0.15, -0.1) is 0 Å². The van der Waals surface area contributed by atoms with Gasteiger partial charge in [0.2, 0.25) is 41.4 Å². The molecule has 0 aliphatic heterocycles. The zero-order chi connectivity index (χ0) is 96.0. The van der Waals surface area contributed by atoms with Crippen LogP contribution in [0, 0.1) is 19.3 Å². The highest BCUT2D eigenvalue weighted by atomic mass is 16.6. The van der Waals surface area contributed by atoms with Gasteiger partial charge in [0, 0.05) is 55.6 Å². The Morgan fingerprint density at radius 2 is 1.02 bits per heavy atom. The van der Waals surface area contributed by atoms with E-state index in [9.17, 15) is 24.0 Å². The van der Waals surface area contributed by atoms with Crippen LogP contribution in [0.4, 0.5) is 9.59 Å². The van der Waals surface area contributed by atoms with Gasteiger partial charge in [0.05, 0.1) is 51.2 Å². The van der Waals surface area contributed by atoms with Gasteiger partial charge in [0.25, 0.3) is 5.91 Å². The van der Waals surface area contributed by atoms with Crippen molar-refractivity contribution >= 4 is 82.2 Å². The molecule has 0 bridgehead atoms. The fraction of sp³-hybridized carbons (Fsp3) is 0.451. The molecular formula is C102H132N12O18. The maximum absolute atomic E-state index is 16.2. The number of nitrogens with zero attached hydrogens (tertiary/aromatic N) is 1. The maximum atomic E-state index is 16.2. The lowest BCUT2D eigenvalue weighted by atomic mass is 9.73. The van der Waals surface area contributed by atoms with Crippen LogP contribution < -0.4 is 72.1 Å². The predicted octanol–water partition coefficient (Wildman–Crippen LogP) is 13.7. The number of benzene rings is 7. The van der Waals surface area contributed by atoms with Crippen molar-refractivity contribution in [3.8, 4) is 23.0 Å². The summed E-state index contributed by atoms with van der Waals surface area (Å²) in [7, 11) is 4.52. The number of amides is 9. The highest BCUT2D eigenvalue weighted by Gasteiger charge is 2.47. The molecule has 1 aliphatic carbocycles. The summed E-state index contributed by atoms with van der Waals surface area (Å²) >= 11 is 0. The van der Waals surface area contributed by atoms with Gasteiger partial charge in [0.1, 0.15) is 75.5 Å². The molecule has 1 unspecified atom stereocenters. The van der Waals surface area contributed by atoms with Crippen molar-refractivity contribution in [2.75, 3.05) is 41.0 Å². The molecule has 1 heterocycles. The van der Waals surface area contributed by atoms with Gasteiger partial charge < -0.3 is 86.3 Å². The van der Waals surface area contributed by atoms with Gasteiger partial charge in [-0.1, -0.05) is 146 Å². The van der Waals surface area contributed by atoms with E-state index in [0.717, 1.165) is 27.8 Å². The second-order valence-corrected chi connectivity index (χ2v) is 36.6. The number of carbonyl (C=O) groups is 11. The number of hydrogen-bond donors (Lipinski definition) is 11. The number of aromatic nitrogens is 1. The lowest BCUT2D eigenvalue weighted by Crippen LogP contribution is -2.66. The normalized spacial score (nSPS) is 15.2. The number of methoxy groups -OCH3 is 3. The molecule has 0 radical (unpaired) electrons. The first-order valence-electron chi connectivity index (χ1n) is 45.2. The highest BCUT2D eigenvalue weighted by Crippen LogP contribution is 2.40. The minimum absolute atomic E-state index is 0.0142. The van der Waals surface area contributed by atoms with Crippen LogP contribution in [0.15, 0.2) is 176 Å². The SMILES string of the molecule is CCCCC(=O)N[C@@H](CC(=O)OC(C)(C)C)C(=O)NC1(C(=O)N[C@H](Cc2ccccc2)C(=O)N[C@@H](CCCNC(C)=N)C(=O)N[C@@H](Cc2cn(C(=O)OC(C)(C)C)c3ccccc23)C(=O)N[C@@H](CCCCNC(=O)OC(C)(C)C)C(=O)NC(c2ccc(OCC(=O)NC(c3ccc(C)cc3)c3ccc(C)cc3)cc2)c2ccc(OC)cc2OC)CCC(c2ccc(OC)cc2)CC1. The monoisotopic (exact) mass is 1810 g/mol. The highest BCUT2D eigenvalue weighted by molar-refractivity contribution is 6.00. The van der Waals surface area contributed by atoms with Crippen molar-refractivity contribution in [3.63, 3.8) is 0 Å². The Kier molecular flexibility index (Phi) is 37.3. The third-order valence-corrected chi connectivity index (χ3v) is 22.4. The fourth-order valence-electron chi connectivity index (χ4n) is 15.6. The summed E-state index contributed by atoms with van der Waals surface area (Å²) in [4.78, 5) is 163. The zero-order valence-corrected chi connectivity index (χ0v) is 78.9. The largest absolute Gasteiger partial charge is 0.497 e. The molecule has 708 valence electrons. The first kappa shape index (κ1) is 102. The lowest BCUT2D eigenvalue weighted by Gasteiger charge is -2.41. The molecule has 0 spiro atoms. The topological polar surface area (TPSA) is 401 Å². The van der Waals surface area contributed by atoms with Crippen LogP contribution in [0.1, 0.15) is 228 Å². The van der Waals surface area contributed by atoms with Gasteiger partial charge in [-0.25, -0.2) is 9.59 Å². The van der Waals surface area contributed by atoms with Crippen molar-refractivity contribution in [3.05, 3.63) is 226 Å². The van der Waals surface area contributed by atoms with Gasteiger partial charge in [-0.3, -0.25) is 53.1 Å². The summed E-state index contributed by atoms with van der Waals surface area (Å²) in [6.07, 6.45) is 1.27. The Morgan fingerprint density at radius 1 is 0.492 bits per heavy atom. The van der Waals surface area contributed by atoms with E-state index < -0.39 is 136 Å². The van der Waals surface area contributed by atoms with Crippen molar-refractivity contribution in [2.24, 2.45) is 0 Å². The van der Waals surface area contributed by atoms with E-state index in [-0.39, 0.29) is 95.7 Å². The zero-order valence-electron chi connectivity index (χ0n) is 78.9. The van der Waals surface area contributed by atoms with E-state index in [1.807, 2.05) is 93.6 Å². The Morgan fingerprint density at radius 3 is 1.61 bits per heavy atom. The molecule has 1 aliphatic rings. The Balaban J connectivity index is 1.08. The van der Waals surface area contributed by atoms with E-state index in [2.05, 4.69) is 53.2 Å². The van der Waals surface area contributed by atoms with Gasteiger partial charge in [0.15, 0.2) is 6.61 Å². The Labute approximate surface area is 774 Å². The lowest BCUT2D eigenvalue weighted by molar-refractivity contribution is -0.157. The number of fused-ring (bicyclic) bond motifs is 1. The fourth-order valence-corrected chi connectivity index (χ4v) is 15.6. The minimum atomic E-state index is -1.79. The number of ether oxygens (including phenoxy) is 7. The van der Waals surface area contributed by atoms with Crippen molar-refractivity contribution in [2.45, 2.75) is 257 Å². The second kappa shape index (κ2) is 48.0. The summed E-state index contributed by atoms with van der Waals surface area (Å²) < 4.78 is 41.6. The van der Waals surface area contributed by atoms with Crippen LogP contribution in [-0.4, -0.2) is 169 Å². The summed E-state index contributed by atoms with van der Waals surface area (Å²) in [5.74, 6) is -5.02. The van der Waals surface area contributed by atoms with Crippen LogP contribution >= 0.6 is 0 Å². The molecule has 7 aromatic carbocycles. The summed E-state index contributed by atoms with van der Waals surface area (Å²) in [6.45, 7) is 22.6. The smallest absolute Gasteiger partial charge is 0.419 e. The standard InChI is InChI=1S/C102H132N12O18/c1-17-18-33-86(115)106-83(61-88(117)130-99(5,6)7)95(122)113-102(54-52-69(53-55-102)68-42-46-74(126-14)47-43-68)96(123)110-81(58-67-27-20-19-21-28-67)93(120)108-80(31-26-57-104-66(4)103)91(118)109-82(59-73-62-114(98(125)132-101(11,12)13)84-32-23-22-29-77(73)84)94(121)107-79(30-24-25-56-105-97(124)131-100(8,9)10)92(119)112-90(78-51-50-76(127-15)60-85(78)128-16)72-44-48-75(49-45-72)129-63-87(116)111-89(70-38-34-64(2)35-39-70)71-40-36-65(3)37-41-71/h19-23,27-29,32,34-51,60,62,69,79-83,89-90H,17-18,24-26,30-31,33,52-59,61,63H2,1-16H3,(H2,103,104)(H,105,124)(H,106,115)(H,107,121)(H,108,120)(H,109,118)(H,110,123)(H,111,116)(H,112,119)(H,113,122)/t69?,79-,80-,81+,82-,83-,90?,102?/m0/s1. The van der Waals surface area contributed by atoms with Gasteiger partial charge >= 0.3 is 18.2 Å². The number of hydrogen-bond acceptors (Lipinski definition) is 19. The number of nitrogens with one attached hydrogen (secondary N) is 11. The number of amidine groups is 1. The minimum Gasteiger partial charge on any atom is -0.497 e. The van der Waals surface area contributed by atoms with Crippen LogP contribution in [-0.2, 0) is 70.2 Å². The molecule has 0 saturated heterocycles. The molecule has 132 heavy (non-hydrogen) atoms. The molecule has 30 nitrogen and oxygen atoms in total. The van der Waals surface area contributed by atoms with Crippen molar-refractivity contribution < 1.29 is 85.9 Å². The molecule has 11 N–H and O–H groups in total. The number of para-hydroxylation sites is 1.